The second kappa shape index (κ2) is 11.7. The summed E-state index contributed by atoms with van der Waals surface area (Å²) in [5.41, 5.74) is 1.23. The summed E-state index contributed by atoms with van der Waals surface area (Å²) >= 11 is 2.57. The molecule has 8 nitrogen and oxygen atoms in total. The van der Waals surface area contributed by atoms with Crippen molar-refractivity contribution < 1.29 is 28.7 Å². The van der Waals surface area contributed by atoms with Crippen LogP contribution in [0.1, 0.15) is 55.3 Å². The number of nitrogens with one attached hydrogen (secondary N) is 2. The Labute approximate surface area is 237 Å². The van der Waals surface area contributed by atoms with Crippen LogP contribution in [0.4, 0.5) is 10.0 Å². The van der Waals surface area contributed by atoms with E-state index in [1.165, 1.54) is 46.9 Å². The van der Waals surface area contributed by atoms with E-state index in [0.29, 0.717) is 43.0 Å². The van der Waals surface area contributed by atoms with Gasteiger partial charge in [-0.2, -0.15) is 0 Å². The predicted octanol–water partition coefficient (Wildman–Crippen LogP) is 6.97. The van der Waals surface area contributed by atoms with Crippen LogP contribution in [-0.4, -0.2) is 37.0 Å². The molecule has 0 spiro atoms. The average molecular weight is 573 g/mol. The average Bonchev–Trinajstić information content (AvgIpc) is 3.50. The molecule has 0 atom stereocenters. The molecule has 5 rings (SSSR count). The van der Waals surface area contributed by atoms with Crippen molar-refractivity contribution in [1.82, 2.24) is 0 Å². The normalized spacial score (nSPS) is 10.8. The Morgan fingerprint density at radius 3 is 1.35 bits per heavy atom. The summed E-state index contributed by atoms with van der Waals surface area (Å²) in [6.45, 7) is 3.87. The van der Waals surface area contributed by atoms with E-state index in [-0.39, 0.29) is 13.2 Å². The van der Waals surface area contributed by atoms with E-state index in [2.05, 4.69) is 10.6 Å². The molecule has 10 heteroatoms. The first-order valence-corrected chi connectivity index (χ1v) is 14.1. The van der Waals surface area contributed by atoms with Gasteiger partial charge in [-0.25, -0.2) is 9.59 Å². The van der Waals surface area contributed by atoms with E-state index < -0.39 is 23.8 Å². The van der Waals surface area contributed by atoms with Gasteiger partial charge in [0, 0.05) is 31.3 Å². The fourth-order valence-corrected chi connectivity index (χ4v) is 6.37. The Balaban J connectivity index is 1.36. The molecule has 0 saturated heterocycles. The number of thiophene rings is 2. The summed E-state index contributed by atoms with van der Waals surface area (Å²) in [6, 6.07) is 20.8. The fraction of sp³-hybridized carbons (Fsp3) is 0.133. The van der Waals surface area contributed by atoms with Gasteiger partial charge >= 0.3 is 11.9 Å². The number of carbonyl (C=O) groups is 4. The summed E-state index contributed by atoms with van der Waals surface area (Å²) in [6.07, 6.45) is 0. The molecular weight excluding hydrogens is 548 g/mol. The molecule has 3 aromatic carbocycles. The van der Waals surface area contributed by atoms with E-state index in [1.807, 2.05) is 48.5 Å². The first-order chi connectivity index (χ1) is 19.4. The molecule has 2 amide bonds. The standard InChI is InChI=1S/C30H24N2O6S2/c1-3-37-29(35)23-19-9-5-7-11-21(19)39-27(23)31-25(33)17-13-15-18(16-14-17)26(34)32-28-24(30(36)38-4-2)20-10-6-8-12-22(20)40-28/h5-16H,3-4H2,1-2H3,(H,31,33)(H,32,34). The van der Waals surface area contributed by atoms with Crippen molar-refractivity contribution in [2.45, 2.75) is 13.8 Å². The molecule has 0 bridgehead atoms. The maximum atomic E-state index is 13.1. The Kier molecular flexibility index (Phi) is 7.90. The Morgan fingerprint density at radius 2 is 0.975 bits per heavy atom. The van der Waals surface area contributed by atoms with Gasteiger partial charge in [-0.05, 0) is 50.2 Å². The van der Waals surface area contributed by atoms with Gasteiger partial charge in [0.1, 0.15) is 21.1 Å². The van der Waals surface area contributed by atoms with Gasteiger partial charge in [-0.1, -0.05) is 36.4 Å². The minimum absolute atomic E-state index is 0.211. The van der Waals surface area contributed by atoms with Crippen LogP contribution >= 0.6 is 22.7 Å². The van der Waals surface area contributed by atoms with E-state index in [9.17, 15) is 19.2 Å². The molecule has 0 aliphatic carbocycles. The highest BCUT2D eigenvalue weighted by Gasteiger charge is 2.24. The second-order valence-electron chi connectivity index (χ2n) is 8.53. The summed E-state index contributed by atoms with van der Waals surface area (Å²) in [5.74, 6) is -1.88. The molecule has 0 unspecified atom stereocenters. The van der Waals surface area contributed by atoms with Gasteiger partial charge in [-0.15, -0.1) is 22.7 Å². The number of hydrogen-bond donors (Lipinski definition) is 2. The summed E-state index contributed by atoms with van der Waals surface area (Å²) in [5, 5.41) is 7.83. The molecule has 0 fully saturated rings. The molecule has 40 heavy (non-hydrogen) atoms. The van der Waals surface area contributed by atoms with E-state index in [1.54, 1.807) is 13.8 Å². The first-order valence-electron chi connectivity index (χ1n) is 12.5. The molecule has 0 saturated carbocycles. The molecule has 202 valence electrons. The number of amides is 2. The third-order valence-corrected chi connectivity index (χ3v) is 8.19. The number of fused-ring (bicyclic) bond motifs is 2. The predicted molar refractivity (Wildman–Crippen MR) is 158 cm³/mol. The molecule has 2 aromatic heterocycles. The van der Waals surface area contributed by atoms with Crippen LogP contribution in [0.2, 0.25) is 0 Å². The summed E-state index contributed by atoms with van der Waals surface area (Å²) in [7, 11) is 0. The number of benzene rings is 3. The lowest BCUT2D eigenvalue weighted by molar-refractivity contribution is 0.0520. The highest BCUT2D eigenvalue weighted by molar-refractivity contribution is 7.24. The minimum Gasteiger partial charge on any atom is -0.462 e. The summed E-state index contributed by atoms with van der Waals surface area (Å²) < 4.78 is 12.1. The van der Waals surface area contributed by atoms with E-state index in [4.69, 9.17) is 9.47 Å². The largest absolute Gasteiger partial charge is 0.462 e. The zero-order valence-electron chi connectivity index (χ0n) is 21.6. The van der Waals surface area contributed by atoms with Crippen LogP contribution < -0.4 is 10.6 Å². The monoisotopic (exact) mass is 572 g/mol. The van der Waals surface area contributed by atoms with E-state index in [0.717, 1.165) is 9.40 Å². The van der Waals surface area contributed by atoms with Crippen molar-refractivity contribution in [3.05, 3.63) is 95.1 Å². The highest BCUT2D eigenvalue weighted by Crippen LogP contribution is 2.37. The SMILES string of the molecule is CCOC(=O)c1c(NC(=O)c2ccc(C(=O)Nc3sc4ccccc4c3C(=O)OCC)cc2)sc2ccccc12. The van der Waals surface area contributed by atoms with Crippen molar-refractivity contribution in [1.29, 1.82) is 0 Å². The molecule has 2 heterocycles. The van der Waals surface area contributed by atoms with Gasteiger partial charge < -0.3 is 20.1 Å². The quantitative estimate of drug-likeness (QED) is 0.194. The van der Waals surface area contributed by atoms with Crippen molar-refractivity contribution >= 4 is 76.6 Å². The number of anilines is 2. The maximum absolute atomic E-state index is 13.1. The maximum Gasteiger partial charge on any atom is 0.341 e. The topological polar surface area (TPSA) is 111 Å². The van der Waals surface area contributed by atoms with Crippen molar-refractivity contribution in [2.24, 2.45) is 0 Å². The Bertz CT molecular complexity index is 1620. The van der Waals surface area contributed by atoms with Crippen LogP contribution in [0.5, 0.6) is 0 Å². The lowest BCUT2D eigenvalue weighted by Crippen LogP contribution is -2.16. The molecule has 2 N–H and O–H groups in total. The lowest BCUT2D eigenvalue weighted by atomic mass is 10.1. The smallest absolute Gasteiger partial charge is 0.341 e. The molecule has 0 radical (unpaired) electrons. The van der Waals surface area contributed by atoms with Crippen LogP contribution in [0.3, 0.4) is 0 Å². The second-order valence-corrected chi connectivity index (χ2v) is 10.6. The number of hydrogen-bond acceptors (Lipinski definition) is 8. The van der Waals surface area contributed by atoms with E-state index >= 15 is 0 Å². The highest BCUT2D eigenvalue weighted by atomic mass is 32.1. The van der Waals surface area contributed by atoms with Crippen LogP contribution in [0, 0.1) is 0 Å². The van der Waals surface area contributed by atoms with Crippen molar-refractivity contribution in [2.75, 3.05) is 23.8 Å². The van der Waals surface area contributed by atoms with Crippen molar-refractivity contribution in [3.63, 3.8) is 0 Å². The third-order valence-electron chi connectivity index (χ3n) is 6.01. The summed E-state index contributed by atoms with van der Waals surface area (Å²) in [4.78, 5) is 51.4. The fourth-order valence-electron chi connectivity index (χ4n) is 4.20. The zero-order valence-corrected chi connectivity index (χ0v) is 23.2. The van der Waals surface area contributed by atoms with Gasteiger partial charge in [0.2, 0.25) is 0 Å². The number of rotatable bonds is 8. The lowest BCUT2D eigenvalue weighted by Gasteiger charge is -2.09. The number of carbonyl (C=O) groups excluding carboxylic acids is 4. The van der Waals surface area contributed by atoms with Gasteiger partial charge in [0.05, 0.1) is 13.2 Å². The first kappa shape index (κ1) is 27.0. The van der Waals surface area contributed by atoms with Gasteiger partial charge in [0.15, 0.2) is 0 Å². The number of esters is 2. The Morgan fingerprint density at radius 1 is 0.600 bits per heavy atom. The van der Waals surface area contributed by atoms with Gasteiger partial charge in [0.25, 0.3) is 11.8 Å². The van der Waals surface area contributed by atoms with Crippen LogP contribution in [0.15, 0.2) is 72.8 Å². The molecular formula is C30H24N2O6S2. The number of ether oxygens (including phenoxy) is 2. The van der Waals surface area contributed by atoms with Crippen molar-refractivity contribution in [3.8, 4) is 0 Å². The van der Waals surface area contributed by atoms with Crippen LogP contribution in [0.25, 0.3) is 20.2 Å². The van der Waals surface area contributed by atoms with Crippen LogP contribution in [-0.2, 0) is 9.47 Å². The van der Waals surface area contributed by atoms with Gasteiger partial charge in [-0.3, -0.25) is 9.59 Å². The third kappa shape index (κ3) is 5.31. The minimum atomic E-state index is -0.509. The molecule has 0 aliphatic rings. The Hall–Kier alpha value is -4.54. The molecule has 0 aliphatic heterocycles. The molecule has 5 aromatic rings. The zero-order chi connectivity index (χ0) is 28.2.